The molecule has 5 rings (SSSR count). The number of alkyl halides is 1. The second-order valence-corrected chi connectivity index (χ2v) is 15.3. The van der Waals surface area contributed by atoms with Gasteiger partial charge in [-0.2, -0.15) is 4.37 Å². The molecule has 0 radical (unpaired) electrons. The van der Waals surface area contributed by atoms with Crippen molar-refractivity contribution in [1.82, 2.24) is 14.3 Å². The number of likely N-dealkylation sites (tertiary alicyclic amines) is 1. The number of benzene rings is 3. The van der Waals surface area contributed by atoms with Crippen molar-refractivity contribution >= 4 is 32.8 Å². The van der Waals surface area contributed by atoms with E-state index in [1.54, 1.807) is 32.9 Å². The summed E-state index contributed by atoms with van der Waals surface area (Å²) in [5, 5.41) is -0.159. The number of methoxy groups -OCH3 is 2. The number of carbonyl (C=O) groups excluding carboxylic acids is 1. The van der Waals surface area contributed by atoms with E-state index >= 15 is 13.2 Å². The van der Waals surface area contributed by atoms with Crippen LogP contribution in [0.5, 0.6) is 17.2 Å². The van der Waals surface area contributed by atoms with E-state index < -0.39 is 81.1 Å². The predicted octanol–water partition coefficient (Wildman–Crippen LogP) is 6.88. The number of anilines is 1. The first-order valence-corrected chi connectivity index (χ1v) is 17.8. The average molecular weight is 753 g/mol. The van der Waals surface area contributed by atoms with Gasteiger partial charge in [0.25, 0.3) is 10.0 Å². The minimum absolute atomic E-state index is 0.0572. The molecular weight excluding hydrogens is 717 g/mol. The fourth-order valence-corrected chi connectivity index (χ4v) is 7.88. The van der Waals surface area contributed by atoms with Crippen LogP contribution in [-0.4, -0.2) is 74.0 Å². The third kappa shape index (κ3) is 8.47. The Morgan fingerprint density at radius 1 is 1.02 bits per heavy atom. The van der Waals surface area contributed by atoms with E-state index in [4.69, 9.17) is 18.9 Å². The maximum absolute atomic E-state index is 17.2. The highest BCUT2D eigenvalue weighted by Crippen LogP contribution is 2.41. The van der Waals surface area contributed by atoms with E-state index in [9.17, 15) is 17.6 Å². The first-order chi connectivity index (χ1) is 24.0. The molecule has 1 unspecified atom stereocenters. The lowest BCUT2D eigenvalue weighted by Crippen LogP contribution is -2.55. The summed E-state index contributed by atoms with van der Waals surface area (Å²) in [6.45, 7) is 3.11. The van der Waals surface area contributed by atoms with Gasteiger partial charge in [-0.1, -0.05) is 12.1 Å². The van der Waals surface area contributed by atoms with Crippen molar-refractivity contribution < 1.29 is 49.7 Å². The van der Waals surface area contributed by atoms with E-state index in [0.717, 1.165) is 27.7 Å². The molecular formula is C34H36F4N4O7S2. The Morgan fingerprint density at radius 3 is 2.37 bits per heavy atom. The van der Waals surface area contributed by atoms with Gasteiger partial charge >= 0.3 is 6.09 Å². The van der Waals surface area contributed by atoms with Gasteiger partial charge in [-0.15, -0.1) is 0 Å². The molecule has 1 fully saturated rings. The molecule has 0 spiro atoms. The van der Waals surface area contributed by atoms with Gasteiger partial charge in [-0.05, 0) is 63.1 Å². The molecule has 0 bridgehead atoms. The molecule has 11 nitrogen and oxygen atoms in total. The fraction of sp³-hybridized carbons (Fsp3) is 0.382. The maximum atomic E-state index is 17.2. The summed E-state index contributed by atoms with van der Waals surface area (Å²) in [7, 11) is -2.12. The standard InChI is InChI=1S/C34H36F4N4O7S2/c1-33(2,3)49-32(43)41-13-12-26(21-6-9-23(35)10-7-21)34(38,18-41)19-48-28-14-24(36)15-29(30(28)37)51(44,45)42(31-39-20-40-50-31)17-22-8-11-25(46-4)16-27(22)47-5/h6-11,14-16,20,26H,12-13,17-19H2,1-5H3/t26-,34?/m0/s1. The number of carbonyl (C=O) groups is 1. The van der Waals surface area contributed by atoms with Crippen molar-refractivity contribution in [2.24, 2.45) is 0 Å². The largest absolute Gasteiger partial charge is 0.497 e. The molecule has 2 heterocycles. The molecule has 2 atom stereocenters. The Labute approximate surface area is 296 Å². The molecule has 17 heteroatoms. The van der Waals surface area contributed by atoms with Crippen molar-refractivity contribution in [2.45, 2.75) is 55.8 Å². The van der Waals surface area contributed by atoms with Crippen molar-refractivity contribution in [1.29, 1.82) is 0 Å². The molecule has 0 aliphatic carbocycles. The summed E-state index contributed by atoms with van der Waals surface area (Å²) in [6.07, 6.45) is 0.368. The Morgan fingerprint density at radius 2 is 1.75 bits per heavy atom. The summed E-state index contributed by atoms with van der Waals surface area (Å²) < 4.78 is 117. The first-order valence-electron chi connectivity index (χ1n) is 15.6. The number of piperidine rings is 1. The summed E-state index contributed by atoms with van der Waals surface area (Å²) in [6, 6.07) is 10.8. The molecule has 1 aliphatic rings. The fourth-order valence-electron chi connectivity index (χ4n) is 5.66. The van der Waals surface area contributed by atoms with E-state index in [1.165, 1.54) is 32.4 Å². The van der Waals surface area contributed by atoms with E-state index in [-0.39, 0.29) is 23.8 Å². The van der Waals surface area contributed by atoms with Gasteiger partial charge < -0.3 is 23.8 Å². The van der Waals surface area contributed by atoms with E-state index in [2.05, 4.69) is 9.36 Å². The van der Waals surface area contributed by atoms with Crippen LogP contribution in [0.25, 0.3) is 0 Å². The molecule has 0 N–H and O–H groups in total. The number of nitrogens with zero attached hydrogens (tertiary/aromatic N) is 4. The second kappa shape index (κ2) is 14.9. The number of rotatable bonds is 11. The highest BCUT2D eigenvalue weighted by molar-refractivity contribution is 7.93. The summed E-state index contributed by atoms with van der Waals surface area (Å²) in [4.78, 5) is 16.9. The lowest BCUT2D eigenvalue weighted by Gasteiger charge is -2.43. The zero-order valence-corrected chi connectivity index (χ0v) is 30.0. The Bertz CT molecular complexity index is 1960. The van der Waals surface area contributed by atoms with Gasteiger partial charge in [-0.3, -0.25) is 0 Å². The molecule has 51 heavy (non-hydrogen) atoms. The molecule has 3 aromatic carbocycles. The van der Waals surface area contributed by atoms with Gasteiger partial charge in [0.15, 0.2) is 17.2 Å². The van der Waals surface area contributed by atoms with Gasteiger partial charge in [-0.25, -0.2) is 40.1 Å². The third-order valence-electron chi connectivity index (χ3n) is 8.07. The minimum atomic E-state index is -4.93. The highest BCUT2D eigenvalue weighted by Gasteiger charge is 2.48. The molecule has 4 aromatic rings. The quantitative estimate of drug-likeness (QED) is 0.151. The molecule has 1 saturated heterocycles. The number of aromatic nitrogens is 2. The van der Waals surface area contributed by atoms with Gasteiger partial charge in [0.1, 0.15) is 46.6 Å². The number of hydrogen-bond donors (Lipinski definition) is 0. The molecule has 274 valence electrons. The summed E-state index contributed by atoms with van der Waals surface area (Å²) in [5.74, 6) is -4.41. The molecule has 0 saturated carbocycles. The Balaban J connectivity index is 1.49. The second-order valence-electron chi connectivity index (χ2n) is 12.7. The molecule has 1 amide bonds. The number of halogens is 4. The third-order valence-corrected chi connectivity index (χ3v) is 10.6. The van der Waals surface area contributed by atoms with Crippen LogP contribution in [0.15, 0.2) is 65.8 Å². The Kier molecular flexibility index (Phi) is 11.0. The van der Waals surface area contributed by atoms with Crippen LogP contribution in [0.1, 0.15) is 44.2 Å². The molecule has 1 aliphatic heterocycles. The normalized spacial score (nSPS) is 17.9. The lowest BCUT2D eigenvalue weighted by molar-refractivity contribution is -0.0305. The van der Waals surface area contributed by atoms with Gasteiger partial charge in [0.2, 0.25) is 5.13 Å². The number of hydrogen-bond acceptors (Lipinski definition) is 10. The summed E-state index contributed by atoms with van der Waals surface area (Å²) >= 11 is 0.698. The maximum Gasteiger partial charge on any atom is 0.410 e. The van der Waals surface area contributed by atoms with Crippen LogP contribution < -0.4 is 18.5 Å². The van der Waals surface area contributed by atoms with Crippen LogP contribution >= 0.6 is 11.5 Å². The first kappa shape index (κ1) is 37.6. The predicted molar refractivity (Wildman–Crippen MR) is 180 cm³/mol. The lowest BCUT2D eigenvalue weighted by atomic mass is 9.78. The van der Waals surface area contributed by atoms with Crippen molar-refractivity contribution in [3.63, 3.8) is 0 Å². The number of sulfonamides is 1. The van der Waals surface area contributed by atoms with Crippen LogP contribution in [0.4, 0.5) is 27.5 Å². The topological polar surface area (TPSA) is 120 Å². The van der Waals surface area contributed by atoms with E-state index in [1.807, 2.05) is 0 Å². The van der Waals surface area contributed by atoms with Gasteiger partial charge in [0, 0.05) is 41.7 Å². The number of amides is 1. The average Bonchev–Trinajstić information content (AvgIpc) is 3.61. The van der Waals surface area contributed by atoms with Crippen LogP contribution in [-0.2, 0) is 21.3 Å². The van der Waals surface area contributed by atoms with Crippen LogP contribution in [0.3, 0.4) is 0 Å². The monoisotopic (exact) mass is 752 g/mol. The zero-order chi connectivity index (χ0) is 37.1. The van der Waals surface area contributed by atoms with Crippen molar-refractivity contribution in [3.05, 3.63) is 89.5 Å². The van der Waals surface area contributed by atoms with Crippen molar-refractivity contribution in [3.8, 4) is 17.2 Å². The molecule has 1 aromatic heterocycles. The summed E-state index contributed by atoms with van der Waals surface area (Å²) in [5.41, 5.74) is -2.60. The smallest absolute Gasteiger partial charge is 0.410 e. The van der Waals surface area contributed by atoms with Crippen LogP contribution in [0, 0.1) is 17.5 Å². The Hall–Kier alpha value is -4.64. The zero-order valence-electron chi connectivity index (χ0n) is 28.4. The highest BCUT2D eigenvalue weighted by atomic mass is 32.2. The SMILES string of the molecule is COc1ccc(CN(c2ncns2)S(=O)(=O)c2cc(F)cc(OCC3(F)CN(C(=O)OC(C)(C)C)CC[C@H]3c3ccc(F)cc3)c2F)c(OC)c1. The number of ether oxygens (including phenoxy) is 4. The van der Waals surface area contributed by atoms with Gasteiger partial charge in [0.05, 0.1) is 27.3 Å². The minimum Gasteiger partial charge on any atom is -0.497 e. The van der Waals surface area contributed by atoms with Crippen LogP contribution in [0.2, 0.25) is 0 Å². The van der Waals surface area contributed by atoms with E-state index in [0.29, 0.717) is 40.5 Å². The van der Waals surface area contributed by atoms with Crippen molar-refractivity contribution in [2.75, 3.05) is 38.2 Å².